The first-order valence-electron chi connectivity index (χ1n) is 6.83. The van der Waals surface area contributed by atoms with Crippen molar-refractivity contribution >= 4 is 17.3 Å². The summed E-state index contributed by atoms with van der Waals surface area (Å²) in [6.07, 6.45) is 1.94. The molecule has 0 N–H and O–H groups in total. The Morgan fingerprint density at radius 2 is 2.14 bits per heavy atom. The van der Waals surface area contributed by atoms with Crippen LogP contribution in [-0.2, 0) is 9.53 Å². The van der Waals surface area contributed by atoms with E-state index in [4.69, 9.17) is 4.74 Å². The first kappa shape index (κ1) is 15.0. The third-order valence-electron chi connectivity index (χ3n) is 3.52. The van der Waals surface area contributed by atoms with Crippen LogP contribution in [0.4, 0.5) is 11.4 Å². The maximum atomic E-state index is 11.4. The van der Waals surface area contributed by atoms with E-state index in [1.54, 1.807) is 19.1 Å². The topological polar surface area (TPSA) is 72.7 Å². The Labute approximate surface area is 123 Å². The van der Waals surface area contributed by atoms with Gasteiger partial charge in [0.05, 0.1) is 11.0 Å². The van der Waals surface area contributed by atoms with Gasteiger partial charge in [0.2, 0.25) is 0 Å². The fraction of sp³-hybridized carbons (Fsp3) is 0.400. The van der Waals surface area contributed by atoms with Crippen LogP contribution in [0.1, 0.15) is 19.8 Å². The number of carbonyl (C=O) groups excluding carboxylic acids is 1. The largest absolute Gasteiger partial charge is 0.460 e. The number of esters is 1. The molecule has 1 aliphatic rings. The molecular weight excluding hydrogens is 272 g/mol. The van der Waals surface area contributed by atoms with Crippen LogP contribution in [0.2, 0.25) is 0 Å². The lowest BCUT2D eigenvalue weighted by atomic mass is 10.2. The predicted octanol–water partition coefficient (Wildman–Crippen LogP) is 2.68. The van der Waals surface area contributed by atoms with Gasteiger partial charge in [-0.3, -0.25) is 10.1 Å². The maximum absolute atomic E-state index is 11.4. The number of hydrogen-bond acceptors (Lipinski definition) is 5. The lowest BCUT2D eigenvalue weighted by Gasteiger charge is -2.26. The fourth-order valence-electron chi connectivity index (χ4n) is 2.41. The van der Waals surface area contributed by atoms with Crippen LogP contribution in [0, 0.1) is 10.1 Å². The number of rotatable bonds is 5. The summed E-state index contributed by atoms with van der Waals surface area (Å²) in [6, 6.07) is 6.55. The minimum atomic E-state index is -0.417. The number of carbonyl (C=O) groups is 1. The van der Waals surface area contributed by atoms with Crippen LogP contribution in [-0.4, -0.2) is 30.1 Å². The van der Waals surface area contributed by atoms with Crippen molar-refractivity contribution in [1.29, 1.82) is 0 Å². The molecule has 1 atom stereocenters. The lowest BCUT2D eigenvalue weighted by Crippen LogP contribution is -2.34. The Morgan fingerprint density at radius 3 is 2.71 bits per heavy atom. The highest BCUT2D eigenvalue weighted by molar-refractivity contribution is 5.86. The number of benzene rings is 1. The highest BCUT2D eigenvalue weighted by atomic mass is 16.6. The molecule has 0 saturated carbocycles. The Kier molecular flexibility index (Phi) is 4.57. The summed E-state index contributed by atoms with van der Waals surface area (Å²) in [7, 11) is 0. The number of nitro groups is 1. The van der Waals surface area contributed by atoms with E-state index in [1.807, 2.05) is 0 Å². The van der Waals surface area contributed by atoms with Crippen molar-refractivity contribution in [3.05, 3.63) is 46.5 Å². The molecule has 1 aromatic rings. The molecule has 21 heavy (non-hydrogen) atoms. The van der Waals surface area contributed by atoms with Crippen LogP contribution >= 0.6 is 0 Å². The molecule has 1 fully saturated rings. The molecule has 0 aliphatic carbocycles. The second kappa shape index (κ2) is 6.39. The summed E-state index contributed by atoms with van der Waals surface area (Å²) in [6.45, 7) is 6.33. The van der Waals surface area contributed by atoms with Gasteiger partial charge in [0.1, 0.15) is 6.61 Å². The van der Waals surface area contributed by atoms with Crippen LogP contribution < -0.4 is 4.90 Å². The summed E-state index contributed by atoms with van der Waals surface area (Å²) in [5.74, 6) is -0.384. The first-order valence-corrected chi connectivity index (χ1v) is 6.83. The molecule has 0 amide bonds. The molecule has 1 aliphatic heterocycles. The molecule has 1 heterocycles. The minimum Gasteiger partial charge on any atom is -0.460 e. The van der Waals surface area contributed by atoms with Gasteiger partial charge in [-0.15, -0.1) is 0 Å². The van der Waals surface area contributed by atoms with Crippen molar-refractivity contribution in [2.24, 2.45) is 0 Å². The molecule has 0 bridgehead atoms. The second-order valence-electron chi connectivity index (χ2n) is 5.14. The number of ether oxygens (including phenoxy) is 1. The van der Waals surface area contributed by atoms with E-state index >= 15 is 0 Å². The molecule has 0 radical (unpaired) electrons. The Morgan fingerprint density at radius 1 is 1.48 bits per heavy atom. The van der Waals surface area contributed by atoms with Gasteiger partial charge >= 0.3 is 5.97 Å². The zero-order chi connectivity index (χ0) is 15.4. The molecule has 6 heteroatoms. The number of nitro benzene ring substituents is 1. The average Bonchev–Trinajstić information content (AvgIpc) is 2.93. The van der Waals surface area contributed by atoms with Gasteiger partial charge in [0.25, 0.3) is 5.69 Å². The average molecular weight is 290 g/mol. The minimum absolute atomic E-state index is 0.0724. The summed E-state index contributed by atoms with van der Waals surface area (Å²) in [5.41, 5.74) is 1.37. The summed E-state index contributed by atoms with van der Waals surface area (Å²) in [5, 5.41) is 10.7. The third-order valence-corrected chi connectivity index (χ3v) is 3.52. The van der Waals surface area contributed by atoms with Crippen LogP contribution in [0.15, 0.2) is 36.4 Å². The number of non-ortho nitro benzene ring substituents is 1. The van der Waals surface area contributed by atoms with Gasteiger partial charge in [-0.2, -0.15) is 0 Å². The van der Waals surface area contributed by atoms with Gasteiger partial charge in [-0.05, 0) is 31.9 Å². The number of nitrogens with zero attached hydrogens (tertiary/aromatic N) is 2. The maximum Gasteiger partial charge on any atom is 0.333 e. The molecule has 0 spiro atoms. The normalized spacial score (nSPS) is 17.6. The molecule has 1 aromatic carbocycles. The number of hydrogen-bond donors (Lipinski definition) is 0. The highest BCUT2D eigenvalue weighted by Gasteiger charge is 2.26. The Bertz CT molecular complexity index is 553. The Balaban J connectivity index is 2.02. The molecule has 0 aromatic heterocycles. The zero-order valence-corrected chi connectivity index (χ0v) is 11.9. The van der Waals surface area contributed by atoms with Crippen molar-refractivity contribution in [1.82, 2.24) is 0 Å². The molecule has 6 nitrogen and oxygen atoms in total. The van der Waals surface area contributed by atoms with E-state index in [1.165, 1.54) is 12.1 Å². The molecule has 1 unspecified atom stereocenters. The summed E-state index contributed by atoms with van der Waals surface area (Å²) < 4.78 is 5.21. The third kappa shape index (κ3) is 3.59. The van der Waals surface area contributed by atoms with Crippen molar-refractivity contribution in [3.63, 3.8) is 0 Å². The first-order chi connectivity index (χ1) is 9.99. The van der Waals surface area contributed by atoms with Gasteiger partial charge < -0.3 is 9.64 Å². The highest BCUT2D eigenvalue weighted by Crippen LogP contribution is 2.27. The predicted molar refractivity (Wildman–Crippen MR) is 79.2 cm³/mol. The van der Waals surface area contributed by atoms with Crippen LogP contribution in [0.5, 0.6) is 0 Å². The van der Waals surface area contributed by atoms with Gasteiger partial charge in [0, 0.05) is 29.9 Å². The quantitative estimate of drug-likeness (QED) is 0.361. The Hall–Kier alpha value is -2.37. The van der Waals surface area contributed by atoms with E-state index in [0.29, 0.717) is 12.2 Å². The van der Waals surface area contributed by atoms with E-state index in [0.717, 1.165) is 25.1 Å². The smallest absolute Gasteiger partial charge is 0.333 e. The van der Waals surface area contributed by atoms with Gasteiger partial charge in [-0.1, -0.05) is 6.58 Å². The SMILES string of the molecule is C=C(C)C(=O)OCC1CCCN1c1ccc([N+](=O)[O-])cc1. The van der Waals surface area contributed by atoms with Crippen LogP contribution in [0.25, 0.3) is 0 Å². The van der Waals surface area contributed by atoms with Gasteiger partial charge in [-0.25, -0.2) is 4.79 Å². The number of anilines is 1. The fourth-order valence-corrected chi connectivity index (χ4v) is 2.41. The van der Waals surface area contributed by atoms with E-state index in [9.17, 15) is 14.9 Å². The van der Waals surface area contributed by atoms with E-state index in [-0.39, 0.29) is 17.7 Å². The molecule has 2 rings (SSSR count). The van der Waals surface area contributed by atoms with Crippen molar-refractivity contribution in [2.75, 3.05) is 18.1 Å². The van der Waals surface area contributed by atoms with E-state index in [2.05, 4.69) is 11.5 Å². The van der Waals surface area contributed by atoms with Crippen molar-refractivity contribution in [3.8, 4) is 0 Å². The zero-order valence-electron chi connectivity index (χ0n) is 11.9. The van der Waals surface area contributed by atoms with Crippen LogP contribution in [0.3, 0.4) is 0 Å². The monoisotopic (exact) mass is 290 g/mol. The van der Waals surface area contributed by atoms with Crippen molar-refractivity contribution in [2.45, 2.75) is 25.8 Å². The molecule has 112 valence electrons. The molecule has 1 saturated heterocycles. The van der Waals surface area contributed by atoms with E-state index < -0.39 is 4.92 Å². The van der Waals surface area contributed by atoms with Gasteiger partial charge in [0.15, 0.2) is 0 Å². The molecular formula is C15H18N2O4. The lowest BCUT2D eigenvalue weighted by molar-refractivity contribution is -0.384. The second-order valence-corrected chi connectivity index (χ2v) is 5.14. The standard InChI is InChI=1S/C15H18N2O4/c1-11(2)15(18)21-10-14-4-3-9-16(14)12-5-7-13(8-6-12)17(19)20/h5-8,14H,1,3-4,9-10H2,2H3. The van der Waals surface area contributed by atoms with Crippen molar-refractivity contribution < 1.29 is 14.5 Å². The summed E-state index contributed by atoms with van der Waals surface area (Å²) >= 11 is 0. The summed E-state index contributed by atoms with van der Waals surface area (Å²) in [4.78, 5) is 23.8.